The molecule has 3 rings (SSSR count). The molecule has 3 N–H and O–H groups in total. The Bertz CT molecular complexity index is 598. The van der Waals surface area contributed by atoms with Crippen molar-refractivity contribution in [3.8, 4) is 0 Å². The lowest BCUT2D eigenvalue weighted by atomic mass is 9.90. The smallest absolute Gasteiger partial charge is 0.183 e. The predicted molar refractivity (Wildman–Crippen MR) is 83.3 cm³/mol. The molecule has 110 valence electrons. The van der Waals surface area contributed by atoms with Crippen LogP contribution in [0, 0.1) is 0 Å². The molecule has 1 aliphatic heterocycles. The monoisotopic (exact) mass is 304 g/mol. The summed E-state index contributed by atoms with van der Waals surface area (Å²) in [6.07, 6.45) is 7.55. The summed E-state index contributed by atoms with van der Waals surface area (Å²) < 4.78 is 0. The summed E-state index contributed by atoms with van der Waals surface area (Å²) >= 11 is 6.30. The van der Waals surface area contributed by atoms with Crippen molar-refractivity contribution in [3.63, 3.8) is 0 Å². The van der Waals surface area contributed by atoms with E-state index in [0.29, 0.717) is 16.8 Å². The molecule has 1 saturated heterocycles. The van der Waals surface area contributed by atoms with Gasteiger partial charge in [-0.1, -0.05) is 11.6 Å². The maximum Gasteiger partial charge on any atom is 0.183 e. The van der Waals surface area contributed by atoms with Crippen LogP contribution in [-0.2, 0) is 0 Å². The quantitative estimate of drug-likeness (QED) is 0.668. The first-order valence-corrected chi connectivity index (χ1v) is 7.30. The molecule has 0 atom stereocenters. The molecule has 0 saturated carbocycles. The molecule has 0 bridgehead atoms. The summed E-state index contributed by atoms with van der Waals surface area (Å²) in [5, 5.41) is 8.33. The molecule has 2 aromatic rings. The zero-order chi connectivity index (χ0) is 14.7. The van der Waals surface area contributed by atoms with Crippen LogP contribution in [-0.4, -0.2) is 28.3 Å². The lowest BCUT2D eigenvalue weighted by Gasteiger charge is -2.34. The van der Waals surface area contributed by atoms with Gasteiger partial charge < -0.3 is 10.3 Å². The van der Waals surface area contributed by atoms with E-state index >= 15 is 0 Å². The van der Waals surface area contributed by atoms with Crippen molar-refractivity contribution >= 4 is 23.1 Å². The number of hydrogen-bond acceptors (Lipinski definition) is 6. The summed E-state index contributed by atoms with van der Waals surface area (Å²) in [5.74, 6) is 6.37. The number of piperidine rings is 1. The number of hydrogen-bond donors (Lipinski definition) is 2. The lowest BCUT2D eigenvalue weighted by molar-refractivity contribution is 0.504. The average Bonchev–Trinajstić information content (AvgIpc) is 2.56. The van der Waals surface area contributed by atoms with Crippen molar-refractivity contribution in [2.24, 2.45) is 5.84 Å². The fourth-order valence-corrected chi connectivity index (χ4v) is 3.03. The minimum atomic E-state index is 0.408. The van der Waals surface area contributed by atoms with Crippen LogP contribution < -0.4 is 16.2 Å². The number of nitrogens with one attached hydrogen (secondary N) is 1. The summed E-state index contributed by atoms with van der Waals surface area (Å²) in [6, 6.07) is 4.19. The fourth-order valence-electron chi connectivity index (χ4n) is 2.77. The Kier molecular flexibility index (Phi) is 4.17. The highest BCUT2D eigenvalue weighted by Gasteiger charge is 2.23. The first kappa shape index (κ1) is 14.0. The molecular weight excluding hydrogens is 288 g/mol. The molecule has 1 aliphatic rings. The number of nitrogens with two attached hydrogens (primary N) is 1. The highest BCUT2D eigenvalue weighted by atomic mass is 35.5. The minimum absolute atomic E-state index is 0.408. The van der Waals surface area contributed by atoms with Crippen LogP contribution >= 0.6 is 11.6 Å². The van der Waals surface area contributed by atoms with E-state index in [1.165, 1.54) is 5.56 Å². The van der Waals surface area contributed by atoms with E-state index in [1.54, 1.807) is 6.20 Å². The third-order valence-electron chi connectivity index (χ3n) is 3.92. The van der Waals surface area contributed by atoms with E-state index in [4.69, 9.17) is 17.4 Å². The second kappa shape index (κ2) is 6.24. The molecular formula is C14H17ClN6. The number of anilines is 2. The Hall–Kier alpha value is -1.92. The van der Waals surface area contributed by atoms with E-state index in [0.717, 1.165) is 31.6 Å². The van der Waals surface area contributed by atoms with E-state index in [1.807, 2.05) is 12.4 Å². The Morgan fingerprint density at radius 3 is 2.62 bits per heavy atom. The molecule has 0 spiro atoms. The number of halogens is 1. The van der Waals surface area contributed by atoms with Crippen LogP contribution in [0.4, 0.5) is 11.5 Å². The Morgan fingerprint density at radius 1 is 1.24 bits per heavy atom. The van der Waals surface area contributed by atoms with Gasteiger partial charge in [0.25, 0.3) is 0 Å². The van der Waals surface area contributed by atoms with Gasteiger partial charge in [-0.15, -0.1) is 5.10 Å². The maximum atomic E-state index is 6.30. The maximum absolute atomic E-state index is 6.30. The van der Waals surface area contributed by atoms with Gasteiger partial charge in [-0.05, 0) is 36.5 Å². The molecule has 0 aromatic carbocycles. The van der Waals surface area contributed by atoms with Gasteiger partial charge >= 0.3 is 0 Å². The topological polar surface area (TPSA) is 80.0 Å². The van der Waals surface area contributed by atoms with Crippen LogP contribution in [0.3, 0.4) is 0 Å². The second-order valence-electron chi connectivity index (χ2n) is 5.08. The van der Waals surface area contributed by atoms with Gasteiger partial charge in [0.1, 0.15) is 5.02 Å². The Labute approximate surface area is 128 Å². The second-order valence-corrected chi connectivity index (χ2v) is 5.46. The molecule has 6 nitrogen and oxygen atoms in total. The van der Waals surface area contributed by atoms with Crippen LogP contribution in [0.25, 0.3) is 0 Å². The van der Waals surface area contributed by atoms with Gasteiger partial charge in [-0.3, -0.25) is 4.98 Å². The van der Waals surface area contributed by atoms with Crippen molar-refractivity contribution in [3.05, 3.63) is 41.3 Å². The van der Waals surface area contributed by atoms with Gasteiger partial charge in [0.2, 0.25) is 0 Å². The SMILES string of the molecule is NNc1nncc(N2CCC(c3ccncc3)CC2)c1Cl. The van der Waals surface area contributed by atoms with Crippen molar-refractivity contribution < 1.29 is 0 Å². The minimum Gasteiger partial charge on any atom is -0.369 e. The molecule has 7 heteroatoms. The molecule has 0 unspecified atom stereocenters. The number of nitrogen functional groups attached to an aromatic ring is 1. The summed E-state index contributed by atoms with van der Waals surface area (Å²) in [5.41, 5.74) is 4.71. The molecule has 1 fully saturated rings. The van der Waals surface area contributed by atoms with Gasteiger partial charge in [-0.2, -0.15) is 5.10 Å². The largest absolute Gasteiger partial charge is 0.369 e. The third-order valence-corrected chi connectivity index (χ3v) is 4.29. The molecule has 3 heterocycles. The number of aromatic nitrogens is 3. The molecule has 0 aliphatic carbocycles. The Morgan fingerprint density at radius 2 is 1.95 bits per heavy atom. The Balaban J connectivity index is 1.72. The first-order valence-electron chi connectivity index (χ1n) is 6.92. The van der Waals surface area contributed by atoms with Crippen LogP contribution in [0.15, 0.2) is 30.7 Å². The van der Waals surface area contributed by atoms with Gasteiger partial charge in [0.05, 0.1) is 11.9 Å². The van der Waals surface area contributed by atoms with E-state index in [-0.39, 0.29) is 0 Å². The van der Waals surface area contributed by atoms with Crippen molar-refractivity contribution in [1.82, 2.24) is 15.2 Å². The molecule has 0 amide bonds. The average molecular weight is 305 g/mol. The van der Waals surface area contributed by atoms with Crippen LogP contribution in [0.5, 0.6) is 0 Å². The van der Waals surface area contributed by atoms with Crippen molar-refractivity contribution in [2.45, 2.75) is 18.8 Å². The lowest BCUT2D eigenvalue weighted by Crippen LogP contribution is -2.33. The number of nitrogens with zero attached hydrogens (tertiary/aromatic N) is 4. The van der Waals surface area contributed by atoms with Crippen LogP contribution in [0.2, 0.25) is 5.02 Å². The molecule has 0 radical (unpaired) electrons. The standard InChI is InChI=1S/C14H17ClN6/c15-13-12(9-18-20-14(13)19-16)21-7-3-11(4-8-21)10-1-5-17-6-2-10/h1-2,5-6,9,11H,3-4,7-8,16H2,(H,19,20). The highest BCUT2D eigenvalue weighted by molar-refractivity contribution is 6.35. The number of pyridine rings is 1. The number of rotatable bonds is 3. The van der Waals surface area contributed by atoms with Gasteiger partial charge in [0.15, 0.2) is 5.82 Å². The zero-order valence-corrected chi connectivity index (χ0v) is 12.3. The van der Waals surface area contributed by atoms with Crippen molar-refractivity contribution in [1.29, 1.82) is 0 Å². The van der Waals surface area contributed by atoms with Gasteiger partial charge in [0, 0.05) is 25.5 Å². The predicted octanol–water partition coefficient (Wildman–Crippen LogP) is 2.19. The van der Waals surface area contributed by atoms with Crippen LogP contribution in [0.1, 0.15) is 24.3 Å². The zero-order valence-electron chi connectivity index (χ0n) is 11.5. The van der Waals surface area contributed by atoms with E-state index < -0.39 is 0 Å². The molecule has 2 aromatic heterocycles. The van der Waals surface area contributed by atoms with Gasteiger partial charge in [-0.25, -0.2) is 5.84 Å². The summed E-state index contributed by atoms with van der Waals surface area (Å²) in [6.45, 7) is 1.87. The van der Waals surface area contributed by atoms with E-state index in [9.17, 15) is 0 Å². The third kappa shape index (κ3) is 2.91. The van der Waals surface area contributed by atoms with Crippen molar-refractivity contribution in [2.75, 3.05) is 23.4 Å². The highest BCUT2D eigenvalue weighted by Crippen LogP contribution is 2.34. The first-order chi connectivity index (χ1) is 10.3. The molecule has 21 heavy (non-hydrogen) atoms. The fraction of sp³-hybridized carbons (Fsp3) is 0.357. The summed E-state index contributed by atoms with van der Waals surface area (Å²) in [7, 11) is 0. The normalized spacial score (nSPS) is 16.0. The number of hydrazine groups is 1. The summed E-state index contributed by atoms with van der Waals surface area (Å²) in [4.78, 5) is 6.30. The van der Waals surface area contributed by atoms with E-state index in [2.05, 4.69) is 37.6 Å².